The Kier molecular flexibility index (Phi) is 5.94. The quantitative estimate of drug-likeness (QED) is 0.793. The number of methoxy groups -OCH3 is 1. The van der Waals surface area contributed by atoms with E-state index in [9.17, 15) is 4.39 Å². The second-order valence-electron chi connectivity index (χ2n) is 3.97. The third-order valence-electron chi connectivity index (χ3n) is 2.58. The van der Waals surface area contributed by atoms with Crippen LogP contribution in [0, 0.1) is 5.82 Å². The summed E-state index contributed by atoms with van der Waals surface area (Å²) in [6.07, 6.45) is 1.01. The molecule has 0 amide bonds. The molecule has 0 aliphatic rings. The molecule has 0 saturated carbocycles. The molecule has 1 aromatic rings. The average Bonchev–Trinajstić information content (AvgIpc) is 2.30. The Morgan fingerprint density at radius 1 is 1.35 bits per heavy atom. The van der Waals surface area contributed by atoms with Crippen LogP contribution in [0.2, 0.25) is 0 Å². The van der Waals surface area contributed by atoms with Crippen molar-refractivity contribution < 1.29 is 14.2 Å². The van der Waals surface area contributed by atoms with E-state index in [-0.39, 0.29) is 18.2 Å². The van der Waals surface area contributed by atoms with Crippen molar-refractivity contribution in [2.45, 2.75) is 19.9 Å². The standard InChI is InChI=1S/C13H20FNO2/c1-3-6-15(7-8-16)10-11-4-5-13(17-2)12(14)9-11/h4-5,9,16H,3,6-8,10H2,1-2H3. The number of hydrogen-bond donors (Lipinski definition) is 1. The van der Waals surface area contributed by atoms with Crippen molar-refractivity contribution in [1.29, 1.82) is 0 Å². The van der Waals surface area contributed by atoms with Gasteiger partial charge in [-0.05, 0) is 30.7 Å². The van der Waals surface area contributed by atoms with Crippen LogP contribution in [-0.4, -0.2) is 36.8 Å². The Morgan fingerprint density at radius 3 is 2.65 bits per heavy atom. The zero-order valence-electron chi connectivity index (χ0n) is 10.4. The van der Waals surface area contributed by atoms with Crippen LogP contribution in [0.15, 0.2) is 18.2 Å². The topological polar surface area (TPSA) is 32.7 Å². The minimum absolute atomic E-state index is 0.124. The molecule has 1 rings (SSSR count). The minimum Gasteiger partial charge on any atom is -0.494 e. The van der Waals surface area contributed by atoms with Crippen molar-refractivity contribution in [3.8, 4) is 5.75 Å². The summed E-state index contributed by atoms with van der Waals surface area (Å²) in [5.41, 5.74) is 0.894. The molecule has 96 valence electrons. The first-order chi connectivity index (χ1) is 8.21. The lowest BCUT2D eigenvalue weighted by Crippen LogP contribution is -2.27. The van der Waals surface area contributed by atoms with Gasteiger partial charge in [-0.1, -0.05) is 13.0 Å². The van der Waals surface area contributed by atoms with Gasteiger partial charge in [0.15, 0.2) is 11.6 Å². The molecule has 0 radical (unpaired) electrons. The average molecular weight is 241 g/mol. The van der Waals surface area contributed by atoms with Crippen LogP contribution in [0.3, 0.4) is 0 Å². The van der Waals surface area contributed by atoms with Crippen molar-refractivity contribution in [2.24, 2.45) is 0 Å². The zero-order valence-corrected chi connectivity index (χ0v) is 10.4. The van der Waals surface area contributed by atoms with Crippen molar-refractivity contribution in [1.82, 2.24) is 4.90 Å². The number of halogens is 1. The summed E-state index contributed by atoms with van der Waals surface area (Å²) in [5, 5.41) is 8.94. The van der Waals surface area contributed by atoms with Crippen molar-refractivity contribution >= 4 is 0 Å². The Morgan fingerprint density at radius 2 is 2.12 bits per heavy atom. The predicted molar refractivity (Wildman–Crippen MR) is 65.6 cm³/mol. The first-order valence-corrected chi connectivity index (χ1v) is 5.86. The lowest BCUT2D eigenvalue weighted by atomic mass is 10.2. The monoisotopic (exact) mass is 241 g/mol. The van der Waals surface area contributed by atoms with E-state index in [1.54, 1.807) is 6.07 Å². The number of aliphatic hydroxyl groups excluding tert-OH is 1. The predicted octanol–water partition coefficient (Wildman–Crippen LogP) is 2.04. The number of aliphatic hydroxyl groups is 1. The highest BCUT2D eigenvalue weighted by atomic mass is 19.1. The summed E-state index contributed by atoms with van der Waals surface area (Å²) in [7, 11) is 1.45. The van der Waals surface area contributed by atoms with Crippen LogP contribution >= 0.6 is 0 Å². The van der Waals surface area contributed by atoms with Gasteiger partial charge < -0.3 is 9.84 Å². The van der Waals surface area contributed by atoms with Crippen molar-refractivity contribution in [3.05, 3.63) is 29.6 Å². The lowest BCUT2D eigenvalue weighted by molar-refractivity contribution is 0.190. The summed E-state index contributed by atoms with van der Waals surface area (Å²) in [5.74, 6) is -0.0802. The molecule has 1 N–H and O–H groups in total. The maximum atomic E-state index is 13.5. The van der Waals surface area contributed by atoms with Crippen LogP contribution in [0.4, 0.5) is 4.39 Å². The molecule has 0 fully saturated rings. The second kappa shape index (κ2) is 7.25. The summed E-state index contributed by atoms with van der Waals surface area (Å²) < 4.78 is 18.4. The molecular weight excluding hydrogens is 221 g/mol. The van der Waals surface area contributed by atoms with E-state index in [4.69, 9.17) is 9.84 Å². The van der Waals surface area contributed by atoms with Gasteiger partial charge in [-0.25, -0.2) is 4.39 Å². The molecule has 0 heterocycles. The third-order valence-corrected chi connectivity index (χ3v) is 2.58. The Balaban J connectivity index is 2.68. The molecule has 0 aliphatic heterocycles. The maximum Gasteiger partial charge on any atom is 0.165 e. The molecule has 1 aromatic carbocycles. The summed E-state index contributed by atoms with van der Waals surface area (Å²) in [6.45, 7) is 4.36. The van der Waals surface area contributed by atoms with Crippen LogP contribution in [0.5, 0.6) is 5.75 Å². The van der Waals surface area contributed by atoms with E-state index in [0.29, 0.717) is 13.1 Å². The van der Waals surface area contributed by atoms with E-state index in [1.807, 2.05) is 6.07 Å². The molecule has 17 heavy (non-hydrogen) atoms. The molecule has 0 saturated heterocycles. The molecule has 0 spiro atoms. The summed E-state index contributed by atoms with van der Waals surface area (Å²) >= 11 is 0. The SMILES string of the molecule is CCCN(CCO)Cc1ccc(OC)c(F)c1. The van der Waals surface area contributed by atoms with Crippen LogP contribution in [-0.2, 0) is 6.54 Å². The summed E-state index contributed by atoms with van der Waals surface area (Å²) in [4.78, 5) is 2.10. The Labute approximate surface area is 102 Å². The van der Waals surface area contributed by atoms with Gasteiger partial charge in [-0.2, -0.15) is 0 Å². The Hall–Kier alpha value is -1.13. The lowest BCUT2D eigenvalue weighted by Gasteiger charge is -2.20. The van der Waals surface area contributed by atoms with Crippen LogP contribution in [0.1, 0.15) is 18.9 Å². The molecule has 3 nitrogen and oxygen atoms in total. The highest BCUT2D eigenvalue weighted by Gasteiger charge is 2.07. The third kappa shape index (κ3) is 4.32. The highest BCUT2D eigenvalue weighted by molar-refractivity contribution is 5.29. The first-order valence-electron chi connectivity index (χ1n) is 5.86. The molecule has 0 bridgehead atoms. The van der Waals surface area contributed by atoms with Crippen molar-refractivity contribution in [3.63, 3.8) is 0 Å². The van der Waals surface area contributed by atoms with Gasteiger partial charge in [-0.3, -0.25) is 4.90 Å². The van der Waals surface area contributed by atoms with Gasteiger partial charge in [0.1, 0.15) is 0 Å². The van der Waals surface area contributed by atoms with Gasteiger partial charge in [0, 0.05) is 13.1 Å². The minimum atomic E-state index is -0.342. The molecule has 0 aromatic heterocycles. The van der Waals surface area contributed by atoms with Gasteiger partial charge in [-0.15, -0.1) is 0 Å². The van der Waals surface area contributed by atoms with Gasteiger partial charge >= 0.3 is 0 Å². The highest BCUT2D eigenvalue weighted by Crippen LogP contribution is 2.18. The number of hydrogen-bond acceptors (Lipinski definition) is 3. The van der Waals surface area contributed by atoms with E-state index in [1.165, 1.54) is 13.2 Å². The number of rotatable bonds is 7. The molecule has 0 atom stereocenters. The fourth-order valence-electron chi connectivity index (χ4n) is 1.79. The van der Waals surface area contributed by atoms with E-state index < -0.39 is 0 Å². The fourth-order valence-corrected chi connectivity index (χ4v) is 1.79. The fraction of sp³-hybridized carbons (Fsp3) is 0.538. The maximum absolute atomic E-state index is 13.5. The van der Waals surface area contributed by atoms with Gasteiger partial charge in [0.05, 0.1) is 13.7 Å². The summed E-state index contributed by atoms with van der Waals surface area (Å²) in [6, 6.07) is 4.97. The van der Waals surface area contributed by atoms with Crippen molar-refractivity contribution in [2.75, 3.05) is 26.8 Å². The van der Waals surface area contributed by atoms with Crippen LogP contribution in [0.25, 0.3) is 0 Å². The Bertz CT molecular complexity index is 338. The molecular formula is C13H20FNO2. The van der Waals surface area contributed by atoms with E-state index in [0.717, 1.165) is 18.5 Å². The second-order valence-corrected chi connectivity index (χ2v) is 3.97. The molecule has 0 unspecified atom stereocenters. The van der Waals surface area contributed by atoms with Gasteiger partial charge in [0.2, 0.25) is 0 Å². The number of nitrogens with zero attached hydrogens (tertiary/aromatic N) is 1. The number of benzene rings is 1. The first kappa shape index (κ1) is 13.9. The largest absolute Gasteiger partial charge is 0.494 e. The van der Waals surface area contributed by atoms with Gasteiger partial charge in [0.25, 0.3) is 0 Å². The zero-order chi connectivity index (χ0) is 12.7. The number of ether oxygens (including phenoxy) is 1. The smallest absolute Gasteiger partial charge is 0.165 e. The molecule has 4 heteroatoms. The van der Waals surface area contributed by atoms with E-state index >= 15 is 0 Å². The molecule has 0 aliphatic carbocycles. The van der Waals surface area contributed by atoms with Crippen LogP contribution < -0.4 is 4.74 Å². The van der Waals surface area contributed by atoms with E-state index in [2.05, 4.69) is 11.8 Å². The normalized spacial score (nSPS) is 10.9.